The van der Waals surface area contributed by atoms with Crippen LogP contribution >= 0.6 is 0 Å². The Labute approximate surface area is 274 Å². The topological polar surface area (TPSA) is 116 Å². The summed E-state index contributed by atoms with van der Waals surface area (Å²) in [7, 11) is 6.79. The molecule has 1 fully saturated rings. The molecular formula is C36H41N5O6. The molecule has 11 nitrogen and oxygen atoms in total. The number of hydrogen-bond acceptors (Lipinski definition) is 6. The van der Waals surface area contributed by atoms with Crippen LogP contribution in [0.15, 0.2) is 73.1 Å². The lowest BCUT2D eigenvalue weighted by Crippen LogP contribution is -2.41. The number of benzene rings is 2. The summed E-state index contributed by atoms with van der Waals surface area (Å²) in [5, 5.41) is 5.75. The smallest absolute Gasteiger partial charge is 0.272 e. The lowest BCUT2D eigenvalue weighted by molar-refractivity contribution is -0.0124. The highest BCUT2D eigenvalue weighted by Gasteiger charge is 2.26. The summed E-state index contributed by atoms with van der Waals surface area (Å²) in [6.07, 6.45) is 9.02. The summed E-state index contributed by atoms with van der Waals surface area (Å²) in [6.45, 7) is 2.31. The second kappa shape index (κ2) is 15.4. The van der Waals surface area contributed by atoms with Crippen LogP contribution in [0.4, 0.5) is 11.4 Å². The van der Waals surface area contributed by atoms with E-state index in [0.29, 0.717) is 54.6 Å². The quantitative estimate of drug-likeness (QED) is 0.160. The summed E-state index contributed by atoms with van der Waals surface area (Å²) in [6, 6.07) is 18.3. The normalized spacial score (nSPS) is 13.6. The van der Waals surface area contributed by atoms with E-state index in [1.165, 1.54) is 0 Å². The molecule has 246 valence electrons. The molecule has 2 aromatic carbocycles. The van der Waals surface area contributed by atoms with Crippen LogP contribution in [0.5, 0.6) is 5.75 Å². The third-order valence-electron chi connectivity index (χ3n) is 8.10. The average molecular weight is 640 g/mol. The average Bonchev–Trinajstić information content (AvgIpc) is 3.64. The van der Waals surface area contributed by atoms with Crippen molar-refractivity contribution in [1.29, 1.82) is 0 Å². The maximum absolute atomic E-state index is 13.2. The first-order chi connectivity index (χ1) is 22.7. The van der Waals surface area contributed by atoms with E-state index in [-0.39, 0.29) is 23.8 Å². The van der Waals surface area contributed by atoms with Crippen molar-refractivity contribution in [2.75, 3.05) is 51.2 Å². The number of nitrogens with one attached hydrogen (secondary N) is 2. The first-order valence-electron chi connectivity index (χ1n) is 15.5. The number of methoxy groups -OCH3 is 2. The van der Waals surface area contributed by atoms with Gasteiger partial charge in [0.15, 0.2) is 0 Å². The van der Waals surface area contributed by atoms with Crippen molar-refractivity contribution in [2.45, 2.75) is 18.9 Å². The highest BCUT2D eigenvalue weighted by molar-refractivity contribution is 6.07. The van der Waals surface area contributed by atoms with E-state index in [0.717, 1.165) is 29.7 Å². The molecule has 11 heteroatoms. The monoisotopic (exact) mass is 639 g/mol. The van der Waals surface area contributed by atoms with E-state index >= 15 is 0 Å². The van der Waals surface area contributed by atoms with Crippen molar-refractivity contribution in [1.82, 2.24) is 14.0 Å². The predicted octanol–water partition coefficient (Wildman–Crippen LogP) is 5.31. The number of carbonyl (C=O) groups excluding carboxylic acids is 3. The highest BCUT2D eigenvalue weighted by Crippen LogP contribution is 2.22. The molecule has 3 heterocycles. The van der Waals surface area contributed by atoms with Gasteiger partial charge in [0.1, 0.15) is 17.1 Å². The number of aryl methyl sites for hydroxylation is 2. The number of hydrogen-bond donors (Lipinski definition) is 2. The van der Waals surface area contributed by atoms with E-state index in [4.69, 9.17) is 14.2 Å². The van der Waals surface area contributed by atoms with Crippen molar-refractivity contribution in [3.05, 3.63) is 101 Å². The molecule has 5 rings (SSSR count). The molecule has 0 aliphatic carbocycles. The van der Waals surface area contributed by atoms with Crippen molar-refractivity contribution in [2.24, 2.45) is 14.1 Å². The molecule has 0 bridgehead atoms. The zero-order valence-electron chi connectivity index (χ0n) is 27.2. The zero-order chi connectivity index (χ0) is 33.3. The fraction of sp³-hybridized carbons (Fsp3) is 0.306. The molecule has 1 aliphatic heterocycles. The highest BCUT2D eigenvalue weighted by atomic mass is 16.5. The van der Waals surface area contributed by atoms with Crippen LogP contribution < -0.4 is 15.4 Å². The van der Waals surface area contributed by atoms with Crippen LogP contribution in [-0.2, 0) is 23.6 Å². The van der Waals surface area contributed by atoms with Gasteiger partial charge in [-0.25, -0.2) is 0 Å². The number of ether oxygens (including phenoxy) is 3. The number of likely N-dealkylation sites (tertiary alicyclic amines) is 1. The molecule has 4 aromatic rings. The van der Waals surface area contributed by atoms with E-state index in [2.05, 4.69) is 10.6 Å². The van der Waals surface area contributed by atoms with Gasteiger partial charge in [-0.2, -0.15) is 0 Å². The number of rotatable bonds is 12. The van der Waals surface area contributed by atoms with Crippen molar-refractivity contribution < 1.29 is 28.6 Å². The maximum Gasteiger partial charge on any atom is 0.272 e. The fourth-order valence-electron chi connectivity index (χ4n) is 5.44. The Kier molecular flexibility index (Phi) is 10.9. The molecule has 0 atom stereocenters. The summed E-state index contributed by atoms with van der Waals surface area (Å²) >= 11 is 0. The lowest BCUT2D eigenvalue weighted by atomic mass is 10.1. The summed E-state index contributed by atoms with van der Waals surface area (Å²) < 4.78 is 19.4. The van der Waals surface area contributed by atoms with E-state index < -0.39 is 0 Å². The third kappa shape index (κ3) is 8.57. The molecule has 1 aliphatic rings. The van der Waals surface area contributed by atoms with Gasteiger partial charge in [-0.05, 0) is 60.4 Å². The Hall–Kier alpha value is -5.13. The first-order valence-corrected chi connectivity index (χ1v) is 15.5. The molecule has 1 saturated heterocycles. The maximum atomic E-state index is 13.2. The largest absolute Gasteiger partial charge is 0.497 e. The minimum atomic E-state index is -0.361. The Morgan fingerprint density at radius 1 is 0.766 bits per heavy atom. The van der Waals surface area contributed by atoms with Crippen LogP contribution in [-0.4, -0.2) is 78.4 Å². The Morgan fingerprint density at radius 3 is 1.91 bits per heavy atom. The zero-order valence-corrected chi connectivity index (χ0v) is 27.2. The van der Waals surface area contributed by atoms with E-state index in [1.54, 1.807) is 74.1 Å². The number of amides is 3. The standard InChI is InChI=1S/C36H41N5O6/c1-39-23-28(37-34(42)27-11-7-25(8-12-27)5-6-26-9-13-30(46-4)14-10-26)21-32(39)35(43)38-29-22-33(40(2)24-29)36(44)41-17-15-31(16-18-41)47-20-19-45-3/h5-14,21-24,31H,15-20H2,1-4H3,(H,37,42)(H,38,43)/b6-5+. The number of anilines is 2. The molecule has 0 unspecified atom stereocenters. The number of nitrogens with zero attached hydrogens (tertiary/aromatic N) is 3. The van der Waals surface area contributed by atoms with Gasteiger partial charge in [-0.15, -0.1) is 0 Å². The van der Waals surface area contributed by atoms with Crippen LogP contribution in [0.25, 0.3) is 12.2 Å². The second-order valence-corrected chi connectivity index (χ2v) is 11.4. The van der Waals surface area contributed by atoms with Crippen molar-refractivity contribution >= 4 is 41.2 Å². The van der Waals surface area contributed by atoms with Crippen LogP contribution in [0.3, 0.4) is 0 Å². The molecule has 0 saturated carbocycles. The fourth-order valence-corrected chi connectivity index (χ4v) is 5.44. The van der Waals surface area contributed by atoms with Gasteiger partial charge in [-0.3, -0.25) is 14.4 Å². The molecule has 0 spiro atoms. The van der Waals surface area contributed by atoms with Gasteiger partial charge >= 0.3 is 0 Å². The molecule has 3 amide bonds. The third-order valence-corrected chi connectivity index (χ3v) is 8.10. The first kappa shape index (κ1) is 33.2. The van der Waals surface area contributed by atoms with Gasteiger partial charge in [-0.1, -0.05) is 36.4 Å². The Balaban J connectivity index is 1.15. The predicted molar refractivity (Wildman–Crippen MR) is 182 cm³/mol. The SMILES string of the molecule is COCCOC1CCN(C(=O)c2cc(NC(=O)c3cc(NC(=O)c4ccc(/C=C/c5ccc(OC)cc5)cc4)cn3C)cn2C)CC1. The van der Waals surface area contributed by atoms with Crippen LogP contribution in [0, 0.1) is 0 Å². The van der Waals surface area contributed by atoms with Gasteiger partial charge in [0.2, 0.25) is 0 Å². The molecular weight excluding hydrogens is 598 g/mol. The second-order valence-electron chi connectivity index (χ2n) is 11.4. The molecule has 2 aromatic heterocycles. The van der Waals surface area contributed by atoms with Gasteiger partial charge in [0.25, 0.3) is 17.7 Å². The van der Waals surface area contributed by atoms with E-state index in [1.807, 2.05) is 53.5 Å². The molecule has 2 N–H and O–H groups in total. The minimum absolute atomic E-state index is 0.0894. The minimum Gasteiger partial charge on any atom is -0.497 e. The van der Waals surface area contributed by atoms with Gasteiger partial charge in [0, 0.05) is 52.3 Å². The van der Waals surface area contributed by atoms with Gasteiger partial charge < -0.3 is 38.9 Å². The lowest BCUT2D eigenvalue weighted by Gasteiger charge is -2.32. The van der Waals surface area contributed by atoms with Crippen LogP contribution in [0.1, 0.15) is 55.3 Å². The Bertz CT molecular complexity index is 1710. The number of aromatic nitrogens is 2. The number of piperidine rings is 1. The summed E-state index contributed by atoms with van der Waals surface area (Å²) in [5.74, 6) is 0.0629. The molecule has 0 radical (unpaired) electrons. The number of carbonyl (C=O) groups is 3. The van der Waals surface area contributed by atoms with E-state index in [9.17, 15) is 14.4 Å². The summed E-state index contributed by atoms with van der Waals surface area (Å²) in [5.41, 5.74) is 4.32. The van der Waals surface area contributed by atoms with Crippen molar-refractivity contribution in [3.63, 3.8) is 0 Å². The van der Waals surface area contributed by atoms with Crippen molar-refractivity contribution in [3.8, 4) is 5.75 Å². The summed E-state index contributed by atoms with van der Waals surface area (Å²) in [4.78, 5) is 41.2. The van der Waals surface area contributed by atoms with Crippen LogP contribution in [0.2, 0.25) is 0 Å². The molecule has 47 heavy (non-hydrogen) atoms. The van der Waals surface area contributed by atoms with Gasteiger partial charge in [0.05, 0.1) is 37.8 Å². The Morgan fingerprint density at radius 2 is 1.32 bits per heavy atom.